The average molecular weight is 330 g/mol. The fraction of sp³-hybridized carbons (Fsp3) is 0.214. The normalized spacial score (nSPS) is 12.9. The molecular weight excluding hydrogens is 316 g/mol. The highest BCUT2D eigenvalue weighted by atomic mass is 32.2. The van der Waals surface area contributed by atoms with Crippen LogP contribution in [0.25, 0.3) is 5.69 Å². The minimum atomic E-state index is -3.68. The van der Waals surface area contributed by atoms with E-state index >= 15 is 0 Å². The highest BCUT2D eigenvalue weighted by Crippen LogP contribution is 2.19. The largest absolute Gasteiger partial charge is 0.272 e. The number of sulfone groups is 1. The third-order valence-corrected chi connectivity index (χ3v) is 5.04. The van der Waals surface area contributed by atoms with Crippen LogP contribution in [-0.4, -0.2) is 44.6 Å². The Bertz CT molecular complexity index is 880. The summed E-state index contributed by atoms with van der Waals surface area (Å²) in [5.41, 5.74) is 1.19. The van der Waals surface area contributed by atoms with Crippen molar-refractivity contribution in [2.24, 2.45) is 0 Å². The van der Waals surface area contributed by atoms with Gasteiger partial charge in [0.25, 0.3) is 5.16 Å². The predicted octanol–water partition coefficient (Wildman–Crippen LogP) is 1.03. The SMILES string of the molecule is CC(CS(=O)(=O)c1nnnn1-c1ccccc1)c1cccnn1. The summed E-state index contributed by atoms with van der Waals surface area (Å²) in [6.07, 6.45) is 1.54. The highest BCUT2D eigenvalue weighted by Gasteiger charge is 2.27. The summed E-state index contributed by atoms with van der Waals surface area (Å²) < 4.78 is 26.5. The first kappa shape index (κ1) is 15.2. The molecule has 0 aliphatic rings. The molecule has 8 nitrogen and oxygen atoms in total. The summed E-state index contributed by atoms with van der Waals surface area (Å²) in [6.45, 7) is 1.78. The van der Waals surface area contributed by atoms with Gasteiger partial charge in [-0.05, 0) is 34.7 Å². The first-order valence-electron chi connectivity index (χ1n) is 6.92. The van der Waals surface area contributed by atoms with Crippen LogP contribution in [0, 0.1) is 0 Å². The van der Waals surface area contributed by atoms with Gasteiger partial charge in [-0.1, -0.05) is 30.2 Å². The van der Waals surface area contributed by atoms with Crippen molar-refractivity contribution < 1.29 is 8.42 Å². The van der Waals surface area contributed by atoms with Crippen LogP contribution in [0.4, 0.5) is 0 Å². The molecule has 3 aromatic rings. The topological polar surface area (TPSA) is 104 Å². The molecule has 0 spiro atoms. The maximum absolute atomic E-state index is 12.7. The minimum absolute atomic E-state index is 0.154. The van der Waals surface area contributed by atoms with Gasteiger partial charge in [0.1, 0.15) is 0 Å². The molecule has 1 aromatic carbocycles. The molecule has 0 saturated heterocycles. The Balaban J connectivity index is 1.91. The van der Waals surface area contributed by atoms with E-state index in [0.29, 0.717) is 11.4 Å². The van der Waals surface area contributed by atoms with Crippen LogP contribution in [0.5, 0.6) is 0 Å². The van der Waals surface area contributed by atoms with E-state index in [0.717, 1.165) is 0 Å². The van der Waals surface area contributed by atoms with Gasteiger partial charge in [-0.15, -0.1) is 0 Å². The molecule has 0 N–H and O–H groups in total. The second-order valence-corrected chi connectivity index (χ2v) is 6.97. The van der Waals surface area contributed by atoms with E-state index in [1.165, 1.54) is 4.68 Å². The lowest BCUT2D eigenvalue weighted by Gasteiger charge is -2.10. The van der Waals surface area contributed by atoms with Crippen molar-refractivity contribution in [1.82, 2.24) is 30.4 Å². The molecule has 1 unspecified atom stereocenters. The van der Waals surface area contributed by atoms with Gasteiger partial charge < -0.3 is 0 Å². The lowest BCUT2D eigenvalue weighted by atomic mass is 10.1. The van der Waals surface area contributed by atoms with E-state index in [1.54, 1.807) is 49.5 Å². The Morgan fingerprint density at radius 2 is 1.87 bits per heavy atom. The van der Waals surface area contributed by atoms with Crippen molar-refractivity contribution in [2.75, 3.05) is 5.75 Å². The van der Waals surface area contributed by atoms with E-state index in [-0.39, 0.29) is 16.8 Å². The second kappa shape index (κ2) is 6.21. The fourth-order valence-electron chi connectivity index (χ4n) is 2.17. The molecule has 0 aliphatic carbocycles. The standard InChI is InChI=1S/C14H14N6O2S/c1-11(13-8-5-9-15-16-13)10-23(21,22)14-17-18-19-20(14)12-6-3-2-4-7-12/h2-9,11H,10H2,1H3. The Labute approximate surface area is 133 Å². The number of hydrogen-bond donors (Lipinski definition) is 0. The lowest BCUT2D eigenvalue weighted by molar-refractivity contribution is 0.573. The van der Waals surface area contributed by atoms with Gasteiger partial charge in [0, 0.05) is 12.1 Å². The van der Waals surface area contributed by atoms with Gasteiger partial charge in [-0.3, -0.25) is 0 Å². The molecule has 0 bridgehead atoms. The monoisotopic (exact) mass is 330 g/mol. The van der Waals surface area contributed by atoms with Gasteiger partial charge in [-0.25, -0.2) is 8.42 Å². The predicted molar refractivity (Wildman–Crippen MR) is 81.7 cm³/mol. The van der Waals surface area contributed by atoms with Gasteiger partial charge >= 0.3 is 0 Å². The second-order valence-electron chi connectivity index (χ2n) is 5.04. The van der Waals surface area contributed by atoms with Crippen molar-refractivity contribution >= 4 is 9.84 Å². The third kappa shape index (κ3) is 3.24. The maximum atomic E-state index is 12.7. The first-order valence-corrected chi connectivity index (χ1v) is 8.57. The van der Waals surface area contributed by atoms with E-state index in [2.05, 4.69) is 25.7 Å². The summed E-state index contributed by atoms with van der Waals surface area (Å²) in [5, 5.41) is 18.5. The summed E-state index contributed by atoms with van der Waals surface area (Å²) in [6, 6.07) is 12.3. The Kier molecular flexibility index (Phi) is 4.11. The molecule has 2 aromatic heterocycles. The Hall–Kier alpha value is -2.68. The molecule has 0 aliphatic heterocycles. The minimum Gasteiger partial charge on any atom is -0.220 e. The first-order chi connectivity index (χ1) is 11.1. The van der Waals surface area contributed by atoms with Crippen molar-refractivity contribution in [3.8, 4) is 5.69 Å². The molecule has 2 heterocycles. The number of tetrazole rings is 1. The summed E-state index contributed by atoms with van der Waals surface area (Å²) in [7, 11) is -3.68. The number of aromatic nitrogens is 6. The zero-order chi connectivity index (χ0) is 16.3. The van der Waals surface area contributed by atoms with E-state index < -0.39 is 9.84 Å². The average Bonchev–Trinajstić information content (AvgIpc) is 3.07. The summed E-state index contributed by atoms with van der Waals surface area (Å²) in [4.78, 5) is 0. The lowest BCUT2D eigenvalue weighted by Crippen LogP contribution is -2.18. The number of benzene rings is 1. The van der Waals surface area contributed by atoms with Crippen molar-refractivity contribution in [3.05, 3.63) is 54.4 Å². The van der Waals surface area contributed by atoms with Crippen LogP contribution in [0.15, 0.2) is 53.8 Å². The highest BCUT2D eigenvalue weighted by molar-refractivity contribution is 7.91. The molecule has 1 atom stereocenters. The van der Waals surface area contributed by atoms with Crippen LogP contribution >= 0.6 is 0 Å². The Morgan fingerprint density at radius 1 is 1.09 bits per heavy atom. The molecule has 3 rings (SSSR count). The van der Waals surface area contributed by atoms with Crippen LogP contribution < -0.4 is 0 Å². The maximum Gasteiger partial charge on any atom is 0.272 e. The zero-order valence-electron chi connectivity index (χ0n) is 12.3. The Morgan fingerprint density at radius 3 is 2.57 bits per heavy atom. The van der Waals surface area contributed by atoms with Crippen LogP contribution in [0.3, 0.4) is 0 Å². The fourth-order valence-corrected chi connectivity index (χ4v) is 3.71. The molecule has 0 fully saturated rings. The van der Waals surface area contributed by atoms with Crippen molar-refractivity contribution in [3.63, 3.8) is 0 Å². The van der Waals surface area contributed by atoms with Crippen LogP contribution in [-0.2, 0) is 9.84 Å². The van der Waals surface area contributed by atoms with E-state index in [1.807, 2.05) is 6.07 Å². The number of nitrogens with zero attached hydrogens (tertiary/aromatic N) is 6. The summed E-state index contributed by atoms with van der Waals surface area (Å²) >= 11 is 0. The van der Waals surface area contributed by atoms with Gasteiger partial charge in [0.05, 0.1) is 17.1 Å². The number of hydrogen-bond acceptors (Lipinski definition) is 7. The van der Waals surface area contributed by atoms with Crippen molar-refractivity contribution in [2.45, 2.75) is 18.0 Å². The van der Waals surface area contributed by atoms with Crippen LogP contribution in [0.2, 0.25) is 0 Å². The van der Waals surface area contributed by atoms with Gasteiger partial charge in [0.2, 0.25) is 9.84 Å². The molecular formula is C14H14N6O2S. The smallest absolute Gasteiger partial charge is 0.220 e. The van der Waals surface area contributed by atoms with Gasteiger partial charge in [-0.2, -0.15) is 14.9 Å². The van der Waals surface area contributed by atoms with Crippen LogP contribution in [0.1, 0.15) is 18.5 Å². The molecule has 9 heteroatoms. The molecule has 0 amide bonds. The van der Waals surface area contributed by atoms with E-state index in [9.17, 15) is 8.42 Å². The number of rotatable bonds is 5. The van der Waals surface area contributed by atoms with Gasteiger partial charge in [0.15, 0.2) is 0 Å². The van der Waals surface area contributed by atoms with E-state index in [4.69, 9.17) is 0 Å². The molecule has 118 valence electrons. The number of para-hydroxylation sites is 1. The molecule has 0 radical (unpaired) electrons. The third-order valence-electron chi connectivity index (χ3n) is 3.29. The quantitative estimate of drug-likeness (QED) is 0.688. The summed E-state index contributed by atoms with van der Waals surface area (Å²) in [5.74, 6) is -0.478. The molecule has 23 heavy (non-hydrogen) atoms. The molecule has 0 saturated carbocycles. The van der Waals surface area contributed by atoms with Crippen molar-refractivity contribution in [1.29, 1.82) is 0 Å². The zero-order valence-corrected chi connectivity index (χ0v) is 13.1.